The Bertz CT molecular complexity index is 732. The van der Waals surface area contributed by atoms with Crippen LogP contribution in [-0.4, -0.2) is 14.2 Å². The third-order valence-corrected chi connectivity index (χ3v) is 4.52. The number of rotatable bonds is 4. The van der Waals surface area contributed by atoms with Crippen LogP contribution in [0, 0.1) is 0 Å². The van der Waals surface area contributed by atoms with E-state index in [1.807, 2.05) is 18.2 Å². The molecule has 1 aromatic heterocycles. The van der Waals surface area contributed by atoms with E-state index in [4.69, 9.17) is 9.47 Å². The van der Waals surface area contributed by atoms with Crippen LogP contribution < -0.4 is 9.47 Å². The lowest BCUT2D eigenvalue weighted by Crippen LogP contribution is -1.90. The lowest BCUT2D eigenvalue weighted by molar-refractivity contribution is 0.355. The molecular weight excluding hydrogens is 280 g/mol. The number of ether oxygens (including phenoxy) is 2. The predicted molar refractivity (Wildman–Crippen MR) is 88.3 cm³/mol. The summed E-state index contributed by atoms with van der Waals surface area (Å²) < 4.78 is 10.6. The second-order valence-electron chi connectivity index (χ2n) is 4.60. The van der Waals surface area contributed by atoms with Crippen LogP contribution in [0.5, 0.6) is 11.5 Å². The standard InChI is InChI=1S/C18H16O2S/c1-19-15-9-8-14(12-16(15)20-2)18-11-10-17(21-18)13-6-4-3-5-7-13/h3-12H,1-2H3. The third kappa shape index (κ3) is 2.78. The second kappa shape index (κ2) is 6.02. The highest BCUT2D eigenvalue weighted by Crippen LogP contribution is 2.38. The van der Waals surface area contributed by atoms with Crippen LogP contribution in [0.15, 0.2) is 60.7 Å². The molecule has 0 aliphatic rings. The molecule has 21 heavy (non-hydrogen) atoms. The topological polar surface area (TPSA) is 18.5 Å². The molecule has 0 atom stereocenters. The molecule has 0 amide bonds. The molecule has 0 saturated heterocycles. The Morgan fingerprint density at radius 1 is 0.667 bits per heavy atom. The van der Waals surface area contributed by atoms with Gasteiger partial charge in [0.2, 0.25) is 0 Å². The van der Waals surface area contributed by atoms with E-state index in [9.17, 15) is 0 Å². The molecule has 0 N–H and O–H groups in total. The fourth-order valence-electron chi connectivity index (χ4n) is 2.24. The molecule has 2 nitrogen and oxygen atoms in total. The van der Waals surface area contributed by atoms with Crippen molar-refractivity contribution < 1.29 is 9.47 Å². The Morgan fingerprint density at radius 3 is 2.00 bits per heavy atom. The first-order valence-corrected chi connectivity index (χ1v) is 7.51. The highest BCUT2D eigenvalue weighted by Gasteiger charge is 2.09. The van der Waals surface area contributed by atoms with Gasteiger partial charge in [0.15, 0.2) is 11.5 Å². The molecule has 0 bridgehead atoms. The molecule has 0 aliphatic heterocycles. The average Bonchev–Trinajstić information content (AvgIpc) is 3.05. The number of thiophene rings is 1. The van der Waals surface area contributed by atoms with Gasteiger partial charge in [-0.1, -0.05) is 30.3 Å². The van der Waals surface area contributed by atoms with E-state index >= 15 is 0 Å². The van der Waals surface area contributed by atoms with Crippen molar-refractivity contribution in [3.8, 4) is 32.4 Å². The molecule has 1 heterocycles. The van der Waals surface area contributed by atoms with Gasteiger partial charge in [0, 0.05) is 9.75 Å². The average molecular weight is 296 g/mol. The number of methoxy groups -OCH3 is 2. The van der Waals surface area contributed by atoms with E-state index < -0.39 is 0 Å². The third-order valence-electron chi connectivity index (χ3n) is 3.33. The number of benzene rings is 2. The Kier molecular flexibility index (Phi) is 3.93. The smallest absolute Gasteiger partial charge is 0.161 e. The zero-order valence-electron chi connectivity index (χ0n) is 12.0. The minimum Gasteiger partial charge on any atom is -0.493 e. The second-order valence-corrected chi connectivity index (χ2v) is 5.68. The molecule has 3 aromatic rings. The van der Waals surface area contributed by atoms with E-state index in [1.54, 1.807) is 25.6 Å². The molecular formula is C18H16O2S. The molecule has 0 radical (unpaired) electrons. The molecule has 106 valence electrons. The van der Waals surface area contributed by atoms with Crippen molar-refractivity contribution in [1.29, 1.82) is 0 Å². The van der Waals surface area contributed by atoms with Crippen molar-refractivity contribution in [1.82, 2.24) is 0 Å². The maximum Gasteiger partial charge on any atom is 0.161 e. The summed E-state index contributed by atoms with van der Waals surface area (Å²) in [6, 6.07) is 20.7. The summed E-state index contributed by atoms with van der Waals surface area (Å²) in [6.07, 6.45) is 0. The minimum atomic E-state index is 0.751. The van der Waals surface area contributed by atoms with Crippen molar-refractivity contribution >= 4 is 11.3 Å². The fourth-order valence-corrected chi connectivity index (χ4v) is 3.25. The molecule has 0 aliphatic carbocycles. The maximum absolute atomic E-state index is 5.37. The zero-order valence-corrected chi connectivity index (χ0v) is 12.8. The van der Waals surface area contributed by atoms with Crippen molar-refractivity contribution in [2.75, 3.05) is 14.2 Å². The SMILES string of the molecule is COc1ccc(-c2ccc(-c3ccccc3)s2)cc1OC. The van der Waals surface area contributed by atoms with Gasteiger partial charge in [-0.05, 0) is 41.5 Å². The van der Waals surface area contributed by atoms with E-state index in [-0.39, 0.29) is 0 Å². The van der Waals surface area contributed by atoms with Gasteiger partial charge in [-0.2, -0.15) is 0 Å². The summed E-state index contributed by atoms with van der Waals surface area (Å²) in [5.41, 5.74) is 2.38. The summed E-state index contributed by atoms with van der Waals surface area (Å²) in [5.74, 6) is 1.51. The van der Waals surface area contributed by atoms with Crippen LogP contribution >= 0.6 is 11.3 Å². The lowest BCUT2D eigenvalue weighted by atomic mass is 10.1. The van der Waals surface area contributed by atoms with E-state index in [0.29, 0.717) is 0 Å². The van der Waals surface area contributed by atoms with Crippen LogP contribution in [-0.2, 0) is 0 Å². The summed E-state index contributed by atoms with van der Waals surface area (Å²) in [4.78, 5) is 2.48. The predicted octanol–water partition coefficient (Wildman–Crippen LogP) is 5.10. The van der Waals surface area contributed by atoms with E-state index in [2.05, 4.69) is 42.5 Å². The fraction of sp³-hybridized carbons (Fsp3) is 0.111. The van der Waals surface area contributed by atoms with Crippen LogP contribution in [0.2, 0.25) is 0 Å². The number of hydrogen-bond acceptors (Lipinski definition) is 3. The largest absolute Gasteiger partial charge is 0.493 e. The molecule has 0 saturated carbocycles. The van der Waals surface area contributed by atoms with Gasteiger partial charge in [-0.15, -0.1) is 11.3 Å². The monoisotopic (exact) mass is 296 g/mol. The Labute approximate surface area is 128 Å². The molecule has 3 rings (SSSR count). The maximum atomic E-state index is 5.37. The zero-order chi connectivity index (χ0) is 14.7. The van der Waals surface area contributed by atoms with E-state index in [0.717, 1.165) is 17.1 Å². The molecule has 0 unspecified atom stereocenters. The first-order valence-electron chi connectivity index (χ1n) is 6.69. The quantitative estimate of drug-likeness (QED) is 0.667. The molecule has 0 fully saturated rings. The molecule has 0 spiro atoms. The summed E-state index contributed by atoms with van der Waals surface area (Å²) in [6.45, 7) is 0. The molecule has 2 aromatic carbocycles. The summed E-state index contributed by atoms with van der Waals surface area (Å²) in [5, 5.41) is 0. The van der Waals surface area contributed by atoms with Crippen molar-refractivity contribution in [3.05, 3.63) is 60.7 Å². The van der Waals surface area contributed by atoms with Crippen LogP contribution in [0.1, 0.15) is 0 Å². The molecule has 3 heteroatoms. The lowest BCUT2D eigenvalue weighted by Gasteiger charge is -2.08. The Hall–Kier alpha value is -2.26. The summed E-state index contributed by atoms with van der Waals surface area (Å²) in [7, 11) is 3.31. The van der Waals surface area contributed by atoms with E-state index in [1.165, 1.54) is 15.3 Å². The van der Waals surface area contributed by atoms with Gasteiger partial charge in [0.1, 0.15) is 0 Å². The minimum absolute atomic E-state index is 0.751. The highest BCUT2D eigenvalue weighted by molar-refractivity contribution is 7.18. The van der Waals surface area contributed by atoms with Crippen LogP contribution in [0.3, 0.4) is 0 Å². The van der Waals surface area contributed by atoms with Crippen LogP contribution in [0.25, 0.3) is 20.9 Å². The van der Waals surface area contributed by atoms with Crippen molar-refractivity contribution in [2.24, 2.45) is 0 Å². The van der Waals surface area contributed by atoms with Gasteiger partial charge in [-0.3, -0.25) is 0 Å². The van der Waals surface area contributed by atoms with Crippen molar-refractivity contribution in [3.63, 3.8) is 0 Å². The van der Waals surface area contributed by atoms with Gasteiger partial charge >= 0.3 is 0 Å². The number of hydrogen-bond donors (Lipinski definition) is 0. The van der Waals surface area contributed by atoms with Gasteiger partial charge in [0.25, 0.3) is 0 Å². The highest BCUT2D eigenvalue weighted by atomic mass is 32.1. The van der Waals surface area contributed by atoms with Crippen molar-refractivity contribution in [2.45, 2.75) is 0 Å². The van der Waals surface area contributed by atoms with Crippen LogP contribution in [0.4, 0.5) is 0 Å². The first kappa shape index (κ1) is 13.7. The van der Waals surface area contributed by atoms with Gasteiger partial charge in [0.05, 0.1) is 14.2 Å². The van der Waals surface area contributed by atoms with Gasteiger partial charge in [-0.25, -0.2) is 0 Å². The summed E-state index contributed by atoms with van der Waals surface area (Å²) >= 11 is 1.78. The normalized spacial score (nSPS) is 10.4. The first-order chi connectivity index (χ1) is 10.3. The Morgan fingerprint density at radius 2 is 1.33 bits per heavy atom. The van der Waals surface area contributed by atoms with Gasteiger partial charge < -0.3 is 9.47 Å². The Balaban J connectivity index is 1.97.